The molecule has 0 fully saturated rings. The number of carboxylic acids is 2. The molecule has 8 heteroatoms. The minimum atomic E-state index is -1.08. The van der Waals surface area contributed by atoms with Crippen molar-refractivity contribution >= 4 is 29.2 Å². The minimum Gasteiger partial charge on any atom is -0.490 e. The van der Waals surface area contributed by atoms with Crippen LogP contribution in [0.5, 0.6) is 5.75 Å². The summed E-state index contributed by atoms with van der Waals surface area (Å²) >= 11 is 6.38. The monoisotopic (exact) mass is 460 g/mol. The molecule has 0 saturated carbocycles. The first-order chi connectivity index (χ1) is 15.4. The van der Waals surface area contributed by atoms with Crippen LogP contribution in [0.15, 0.2) is 30.3 Å². The fourth-order valence-corrected chi connectivity index (χ4v) is 4.30. The average molecular weight is 461 g/mol. The Kier molecular flexibility index (Phi) is 8.36. The molecule has 32 heavy (non-hydrogen) atoms. The third-order valence-corrected chi connectivity index (χ3v) is 6.03. The van der Waals surface area contributed by atoms with E-state index in [0.29, 0.717) is 0 Å². The van der Waals surface area contributed by atoms with Gasteiger partial charge in [-0.3, -0.25) is 9.59 Å². The van der Waals surface area contributed by atoms with Crippen molar-refractivity contribution in [2.45, 2.75) is 39.2 Å². The summed E-state index contributed by atoms with van der Waals surface area (Å²) in [5, 5.41) is 20.1. The fraction of sp³-hybridized carbons (Fsp3) is 0.417. The van der Waals surface area contributed by atoms with E-state index in [9.17, 15) is 9.59 Å². The van der Waals surface area contributed by atoms with Gasteiger partial charge in [-0.25, -0.2) is 0 Å². The van der Waals surface area contributed by atoms with E-state index in [-0.39, 0.29) is 12.8 Å². The van der Waals surface area contributed by atoms with E-state index >= 15 is 0 Å². The van der Waals surface area contributed by atoms with Gasteiger partial charge in [0, 0.05) is 11.6 Å². The topological polar surface area (TPSA) is 99.1 Å². The Morgan fingerprint density at radius 2 is 1.81 bits per heavy atom. The highest BCUT2D eigenvalue weighted by atomic mass is 35.5. The molecule has 2 aliphatic rings. The lowest BCUT2D eigenvalue weighted by Gasteiger charge is -2.34. The van der Waals surface area contributed by atoms with Gasteiger partial charge in [0.2, 0.25) is 0 Å². The van der Waals surface area contributed by atoms with Gasteiger partial charge in [0.25, 0.3) is 0 Å². The highest BCUT2D eigenvalue weighted by Gasteiger charge is 2.25. The Hall–Kier alpha value is -2.77. The van der Waals surface area contributed by atoms with Gasteiger partial charge >= 0.3 is 11.9 Å². The molecular weight excluding hydrogens is 432 g/mol. The van der Waals surface area contributed by atoms with Crippen molar-refractivity contribution in [3.05, 3.63) is 57.6 Å². The largest absolute Gasteiger partial charge is 0.490 e. The van der Waals surface area contributed by atoms with E-state index in [2.05, 4.69) is 35.3 Å². The predicted octanol–water partition coefficient (Wildman–Crippen LogP) is 3.67. The molecule has 0 bridgehead atoms. The molecule has 2 aromatic carbocycles. The first-order valence-electron chi connectivity index (χ1n) is 10.8. The average Bonchev–Trinajstić information content (AvgIpc) is 3.00. The molecule has 2 aromatic rings. The summed E-state index contributed by atoms with van der Waals surface area (Å²) in [5.74, 6) is -1.12. The number of nitrogens with zero attached hydrogens (tertiary/aromatic N) is 1. The zero-order valence-electron chi connectivity index (χ0n) is 18.2. The second-order valence-electron chi connectivity index (χ2n) is 7.88. The van der Waals surface area contributed by atoms with Crippen molar-refractivity contribution in [1.29, 1.82) is 0 Å². The molecule has 3 N–H and O–H groups in total. The van der Waals surface area contributed by atoms with E-state index in [1.165, 1.54) is 27.9 Å². The van der Waals surface area contributed by atoms with Crippen LogP contribution in [0.1, 0.15) is 35.1 Å². The van der Waals surface area contributed by atoms with Gasteiger partial charge in [0.15, 0.2) is 0 Å². The summed E-state index contributed by atoms with van der Waals surface area (Å²) in [7, 11) is 0. The molecule has 0 aromatic heterocycles. The van der Waals surface area contributed by atoms with E-state index in [1.54, 1.807) is 0 Å². The predicted molar refractivity (Wildman–Crippen MR) is 124 cm³/mol. The van der Waals surface area contributed by atoms with Crippen molar-refractivity contribution in [1.82, 2.24) is 5.32 Å². The maximum atomic E-state index is 9.64. The normalized spacial score (nSPS) is 14.8. The van der Waals surface area contributed by atoms with Gasteiger partial charge in [-0.2, -0.15) is 0 Å². The third kappa shape index (κ3) is 6.14. The van der Waals surface area contributed by atoms with Gasteiger partial charge < -0.3 is 25.2 Å². The fourth-order valence-electron chi connectivity index (χ4n) is 4.10. The smallest absolute Gasteiger partial charge is 0.303 e. The molecule has 0 amide bonds. The molecule has 0 spiro atoms. The molecule has 0 radical (unpaired) electrons. The number of rotatable bonds is 5. The number of carboxylic acid groups (broad SMARTS) is 2. The molecule has 0 saturated heterocycles. The quantitative estimate of drug-likeness (QED) is 0.626. The van der Waals surface area contributed by atoms with Crippen molar-refractivity contribution in [3.8, 4) is 5.75 Å². The molecular formula is C24H29ClN2O5. The van der Waals surface area contributed by atoms with E-state index in [4.69, 9.17) is 26.6 Å². The number of anilines is 1. The lowest BCUT2D eigenvalue weighted by molar-refractivity contribution is -0.143. The highest BCUT2D eigenvalue weighted by molar-refractivity contribution is 6.31. The summed E-state index contributed by atoms with van der Waals surface area (Å²) in [4.78, 5) is 21.7. The third-order valence-electron chi connectivity index (χ3n) is 5.66. The van der Waals surface area contributed by atoms with Crippen molar-refractivity contribution < 1.29 is 24.5 Å². The minimum absolute atomic E-state index is 0.296. The zero-order chi connectivity index (χ0) is 23.1. The second kappa shape index (κ2) is 11.2. The Bertz CT molecular complexity index is 965. The number of nitrogens with one attached hydrogen (secondary N) is 1. The first-order valence-corrected chi connectivity index (χ1v) is 11.2. The molecule has 7 nitrogen and oxygen atoms in total. The van der Waals surface area contributed by atoms with Crippen LogP contribution in [-0.2, 0) is 29.0 Å². The van der Waals surface area contributed by atoms with Crippen LogP contribution in [0, 0.1) is 6.92 Å². The molecule has 0 atom stereocenters. The van der Waals surface area contributed by atoms with Crippen LogP contribution in [0.3, 0.4) is 0 Å². The number of ether oxygens (including phenoxy) is 1. The van der Waals surface area contributed by atoms with Crippen molar-refractivity contribution in [2.75, 3.05) is 31.1 Å². The van der Waals surface area contributed by atoms with E-state index in [0.717, 1.165) is 56.4 Å². The number of carbonyl (C=O) groups is 2. The van der Waals surface area contributed by atoms with Crippen molar-refractivity contribution in [3.63, 3.8) is 0 Å². The number of benzene rings is 2. The van der Waals surface area contributed by atoms with Gasteiger partial charge in [0.1, 0.15) is 12.4 Å². The first kappa shape index (κ1) is 23.9. The van der Waals surface area contributed by atoms with Crippen LogP contribution in [0.2, 0.25) is 5.02 Å². The number of fused-ring (bicyclic) bond motifs is 2. The Balaban J connectivity index is 0.000000312. The highest BCUT2D eigenvalue weighted by Crippen LogP contribution is 2.40. The van der Waals surface area contributed by atoms with Crippen molar-refractivity contribution in [2.24, 2.45) is 0 Å². The van der Waals surface area contributed by atoms with Crippen LogP contribution < -0.4 is 15.0 Å². The maximum absolute atomic E-state index is 9.64. The van der Waals surface area contributed by atoms with Crippen LogP contribution in [0.25, 0.3) is 0 Å². The lowest BCUT2D eigenvalue weighted by atomic mass is 9.94. The van der Waals surface area contributed by atoms with Gasteiger partial charge in [-0.1, -0.05) is 29.8 Å². The van der Waals surface area contributed by atoms with Crippen LogP contribution >= 0.6 is 11.6 Å². The summed E-state index contributed by atoms with van der Waals surface area (Å²) in [5.41, 5.74) is 6.73. The van der Waals surface area contributed by atoms with Gasteiger partial charge in [-0.05, 0) is 67.2 Å². The second-order valence-corrected chi connectivity index (χ2v) is 8.29. The molecule has 2 heterocycles. The van der Waals surface area contributed by atoms with Gasteiger partial charge in [0.05, 0.1) is 25.1 Å². The number of hydrogen-bond acceptors (Lipinski definition) is 5. The van der Waals surface area contributed by atoms with E-state index in [1.807, 2.05) is 12.1 Å². The van der Waals surface area contributed by atoms with Crippen LogP contribution in [0.4, 0.5) is 5.69 Å². The number of hydrogen-bond donors (Lipinski definition) is 3. The van der Waals surface area contributed by atoms with Crippen LogP contribution in [-0.4, -0.2) is 48.4 Å². The lowest BCUT2D eigenvalue weighted by Crippen LogP contribution is -2.33. The molecule has 0 aliphatic carbocycles. The summed E-state index contributed by atoms with van der Waals surface area (Å²) in [6.45, 7) is 6.81. The summed E-state index contributed by atoms with van der Waals surface area (Å²) < 4.78 is 6.01. The summed E-state index contributed by atoms with van der Waals surface area (Å²) in [6, 6.07) is 10.4. The molecule has 0 unspecified atom stereocenters. The molecule has 2 aliphatic heterocycles. The summed E-state index contributed by atoms with van der Waals surface area (Å²) in [6.07, 6.45) is 1.58. The Morgan fingerprint density at radius 3 is 2.50 bits per heavy atom. The Labute approximate surface area is 192 Å². The number of halogens is 1. The zero-order valence-corrected chi connectivity index (χ0v) is 19.0. The standard InChI is InChI=1S/C20H23ClN2O.C4H6O4/c1-14-17-7-9-22-8-6-15(17)12-19-20(14)23(10-11-24-19)13-16-4-2-3-5-18(16)21;5-3(6)1-2-4(7)8/h2-5,12,22H,6-11,13H2,1H3;1-2H2,(H,5,6)(H,7,8). The SMILES string of the molecule is Cc1c2c(cc3c1N(Cc1ccccc1Cl)CCO3)CCNCC2.O=C(O)CCC(=O)O. The molecule has 4 rings (SSSR count). The molecule has 172 valence electrons. The maximum Gasteiger partial charge on any atom is 0.303 e. The van der Waals surface area contributed by atoms with Gasteiger partial charge in [-0.15, -0.1) is 0 Å². The Morgan fingerprint density at radius 1 is 1.12 bits per heavy atom. The number of aliphatic carboxylic acids is 2. The van der Waals surface area contributed by atoms with E-state index < -0.39 is 11.9 Å².